The molecule has 0 aromatic carbocycles. The number of hydrogen-bond acceptors (Lipinski definition) is 8. The second-order valence-electron chi connectivity index (χ2n) is 4.96. The van der Waals surface area contributed by atoms with Crippen molar-refractivity contribution in [3.05, 3.63) is 22.4 Å². The highest BCUT2D eigenvalue weighted by atomic mass is 32.2. The van der Waals surface area contributed by atoms with Crippen LogP contribution in [0.2, 0.25) is 0 Å². The van der Waals surface area contributed by atoms with E-state index in [0.717, 1.165) is 4.88 Å². The third kappa shape index (κ3) is 5.00. The molecule has 0 unspecified atom stereocenters. The normalized spacial score (nSPS) is 14.6. The monoisotopic (exact) mass is 384 g/mol. The summed E-state index contributed by atoms with van der Waals surface area (Å²) in [4.78, 5) is 26.8. The summed E-state index contributed by atoms with van der Waals surface area (Å²) in [5.74, 6) is 0.272. The first-order valence-corrected chi connectivity index (χ1v) is 10.0. The quantitative estimate of drug-likeness (QED) is 0.603. The van der Waals surface area contributed by atoms with Gasteiger partial charge in [-0.25, -0.2) is 0 Å². The number of rotatable bonds is 6. The minimum atomic E-state index is -0.116. The highest BCUT2D eigenvalue weighted by Crippen LogP contribution is 2.26. The summed E-state index contributed by atoms with van der Waals surface area (Å²) in [7, 11) is 0. The van der Waals surface area contributed by atoms with Crippen molar-refractivity contribution in [1.82, 2.24) is 15.1 Å². The third-order valence-electron chi connectivity index (χ3n) is 3.25. The van der Waals surface area contributed by atoms with Crippen LogP contribution in [-0.2, 0) is 20.7 Å². The minimum Gasteiger partial charge on any atom is -0.378 e. The lowest BCUT2D eigenvalue weighted by molar-refractivity contribution is -0.132. The van der Waals surface area contributed by atoms with Crippen molar-refractivity contribution in [1.29, 1.82) is 0 Å². The molecule has 0 bridgehead atoms. The van der Waals surface area contributed by atoms with Gasteiger partial charge in [0, 0.05) is 18.0 Å². The molecule has 2 aromatic rings. The molecule has 0 aliphatic carbocycles. The highest BCUT2D eigenvalue weighted by molar-refractivity contribution is 8.01. The highest BCUT2D eigenvalue weighted by Gasteiger charge is 2.18. The van der Waals surface area contributed by atoms with Crippen LogP contribution in [0.5, 0.6) is 0 Å². The number of aromatic nitrogens is 2. The average Bonchev–Trinajstić information content (AvgIpc) is 3.25. The van der Waals surface area contributed by atoms with Gasteiger partial charge in [0.15, 0.2) is 4.34 Å². The van der Waals surface area contributed by atoms with Crippen LogP contribution in [0.25, 0.3) is 0 Å². The first-order chi connectivity index (χ1) is 11.7. The molecule has 1 N–H and O–H groups in total. The molecular formula is C14H16N4O3S3. The molecule has 0 saturated carbocycles. The van der Waals surface area contributed by atoms with Crippen LogP contribution in [0.1, 0.15) is 4.88 Å². The van der Waals surface area contributed by atoms with Crippen molar-refractivity contribution < 1.29 is 14.3 Å². The van der Waals surface area contributed by atoms with E-state index in [4.69, 9.17) is 4.74 Å². The molecule has 3 heterocycles. The Morgan fingerprint density at radius 2 is 2.17 bits per heavy atom. The predicted octanol–water partition coefficient (Wildman–Crippen LogP) is 1.73. The number of nitrogens with one attached hydrogen (secondary N) is 1. The number of carbonyl (C=O) groups excluding carboxylic acids is 2. The van der Waals surface area contributed by atoms with Gasteiger partial charge in [-0.2, -0.15) is 0 Å². The molecule has 1 aliphatic rings. The molecular weight excluding hydrogens is 368 g/mol. The maximum Gasteiger partial charge on any atom is 0.233 e. The van der Waals surface area contributed by atoms with Gasteiger partial charge in [-0.15, -0.1) is 21.5 Å². The van der Waals surface area contributed by atoms with E-state index in [1.54, 1.807) is 16.2 Å². The van der Waals surface area contributed by atoms with Crippen LogP contribution in [0.4, 0.5) is 5.13 Å². The van der Waals surface area contributed by atoms with Crippen LogP contribution in [0.15, 0.2) is 21.9 Å². The number of hydrogen-bond donors (Lipinski definition) is 1. The van der Waals surface area contributed by atoms with Gasteiger partial charge in [-0.05, 0) is 11.4 Å². The van der Waals surface area contributed by atoms with Crippen molar-refractivity contribution in [2.24, 2.45) is 0 Å². The summed E-state index contributed by atoms with van der Waals surface area (Å²) < 4.78 is 5.90. The fraction of sp³-hybridized carbons (Fsp3) is 0.429. The summed E-state index contributed by atoms with van der Waals surface area (Å²) in [6, 6.07) is 3.83. The maximum absolute atomic E-state index is 12.1. The number of thioether (sulfide) groups is 1. The van der Waals surface area contributed by atoms with Crippen LogP contribution in [0.3, 0.4) is 0 Å². The molecule has 1 aliphatic heterocycles. The number of nitrogens with zero attached hydrogens (tertiary/aromatic N) is 3. The number of ether oxygens (including phenoxy) is 1. The molecule has 7 nitrogen and oxygen atoms in total. The van der Waals surface area contributed by atoms with Gasteiger partial charge in [0.1, 0.15) is 0 Å². The number of morpholine rings is 1. The lowest BCUT2D eigenvalue weighted by Crippen LogP contribution is -2.41. The molecule has 0 spiro atoms. The number of thiophene rings is 1. The van der Waals surface area contributed by atoms with Crippen LogP contribution in [-0.4, -0.2) is 59.0 Å². The Kier molecular flexibility index (Phi) is 6.18. The largest absolute Gasteiger partial charge is 0.378 e. The zero-order chi connectivity index (χ0) is 16.8. The van der Waals surface area contributed by atoms with Crippen molar-refractivity contribution in [3.63, 3.8) is 0 Å². The second-order valence-corrected chi connectivity index (χ2v) is 8.19. The van der Waals surface area contributed by atoms with E-state index in [1.807, 2.05) is 17.5 Å². The van der Waals surface area contributed by atoms with Gasteiger partial charge in [0.25, 0.3) is 0 Å². The fourth-order valence-electron chi connectivity index (χ4n) is 2.08. The van der Waals surface area contributed by atoms with E-state index >= 15 is 0 Å². The lowest BCUT2D eigenvalue weighted by Gasteiger charge is -2.26. The topological polar surface area (TPSA) is 84.4 Å². The van der Waals surface area contributed by atoms with E-state index in [0.29, 0.717) is 47.9 Å². The summed E-state index contributed by atoms with van der Waals surface area (Å²) in [5.41, 5.74) is 0. The van der Waals surface area contributed by atoms with Crippen molar-refractivity contribution in [2.75, 3.05) is 37.4 Å². The molecule has 1 fully saturated rings. The molecule has 3 rings (SSSR count). The lowest BCUT2D eigenvalue weighted by atomic mass is 10.3. The minimum absolute atomic E-state index is 0.0711. The van der Waals surface area contributed by atoms with Gasteiger partial charge in [0.05, 0.1) is 25.4 Å². The standard InChI is InChI=1S/C14H16N4O3S3/c19-11(8-10-2-1-7-22-10)15-13-16-17-14(24-13)23-9-12(20)18-3-5-21-6-4-18/h1-2,7H,3-6,8-9H2,(H,15,16,19). The Morgan fingerprint density at radius 1 is 1.33 bits per heavy atom. The van der Waals surface area contributed by atoms with Gasteiger partial charge >= 0.3 is 0 Å². The van der Waals surface area contributed by atoms with Crippen molar-refractivity contribution >= 4 is 51.4 Å². The SMILES string of the molecule is O=C(Cc1cccs1)Nc1nnc(SCC(=O)N2CCOCC2)s1. The second kappa shape index (κ2) is 8.56. The average molecular weight is 385 g/mol. The third-order valence-corrected chi connectivity index (χ3v) is 6.08. The van der Waals surface area contributed by atoms with E-state index in [1.165, 1.54) is 23.1 Å². The molecule has 24 heavy (non-hydrogen) atoms. The Bertz CT molecular complexity index is 683. The van der Waals surface area contributed by atoms with Gasteiger partial charge in [-0.3, -0.25) is 9.59 Å². The molecule has 10 heteroatoms. The molecule has 2 amide bonds. The first-order valence-electron chi connectivity index (χ1n) is 7.35. The Labute approximate surface area is 151 Å². The summed E-state index contributed by atoms with van der Waals surface area (Å²) in [5, 5.41) is 13.1. The zero-order valence-corrected chi connectivity index (χ0v) is 15.2. The number of anilines is 1. The summed E-state index contributed by atoms with van der Waals surface area (Å²) in [6.07, 6.45) is 0.329. The summed E-state index contributed by atoms with van der Waals surface area (Å²) in [6.45, 7) is 2.46. The van der Waals surface area contributed by atoms with Crippen molar-refractivity contribution in [2.45, 2.75) is 10.8 Å². The summed E-state index contributed by atoms with van der Waals surface area (Å²) >= 11 is 4.16. The Hall–Kier alpha value is -1.49. The van der Waals surface area contributed by atoms with Crippen LogP contribution >= 0.6 is 34.4 Å². The number of amides is 2. The Morgan fingerprint density at radius 3 is 2.92 bits per heavy atom. The van der Waals surface area contributed by atoms with Gasteiger partial charge in [-0.1, -0.05) is 29.2 Å². The van der Waals surface area contributed by atoms with E-state index in [9.17, 15) is 9.59 Å². The van der Waals surface area contributed by atoms with Crippen LogP contribution in [0, 0.1) is 0 Å². The van der Waals surface area contributed by atoms with E-state index in [2.05, 4.69) is 15.5 Å². The molecule has 0 atom stereocenters. The molecule has 128 valence electrons. The van der Waals surface area contributed by atoms with E-state index < -0.39 is 0 Å². The number of carbonyl (C=O) groups is 2. The first kappa shape index (κ1) is 17.3. The maximum atomic E-state index is 12.1. The predicted molar refractivity (Wildman–Crippen MR) is 94.7 cm³/mol. The molecule has 1 saturated heterocycles. The smallest absolute Gasteiger partial charge is 0.233 e. The fourth-order valence-corrected chi connectivity index (χ4v) is 4.46. The van der Waals surface area contributed by atoms with Gasteiger partial charge in [0.2, 0.25) is 16.9 Å². The molecule has 0 radical (unpaired) electrons. The van der Waals surface area contributed by atoms with Gasteiger partial charge < -0.3 is 15.0 Å². The van der Waals surface area contributed by atoms with Crippen molar-refractivity contribution in [3.8, 4) is 0 Å². The van der Waals surface area contributed by atoms with Crippen LogP contribution < -0.4 is 5.32 Å². The van der Waals surface area contributed by atoms with E-state index in [-0.39, 0.29) is 11.8 Å². The molecule has 2 aromatic heterocycles. The Balaban J connectivity index is 1.44. The zero-order valence-electron chi connectivity index (χ0n) is 12.8.